The first-order chi connectivity index (χ1) is 8.52. The smallest absolute Gasteiger partial charge is 0.147 e. The third kappa shape index (κ3) is 4.98. The van der Waals surface area contributed by atoms with Crippen molar-refractivity contribution in [2.45, 2.75) is 20.4 Å². The van der Waals surface area contributed by atoms with Gasteiger partial charge in [0.1, 0.15) is 5.82 Å². The standard InChI is InChI=1S/C13H25N5/c1-11(2)10-18(6-5-17(3)4)13-9-15-12(7-14)8-16-13/h8-9,11H,5-7,10,14H2,1-4H3. The lowest BCUT2D eigenvalue weighted by molar-refractivity contribution is 0.408. The molecule has 0 spiro atoms. The molecule has 0 saturated carbocycles. The Bertz CT molecular complexity index is 334. The van der Waals surface area contributed by atoms with Gasteiger partial charge >= 0.3 is 0 Å². The van der Waals surface area contributed by atoms with Gasteiger partial charge in [-0.1, -0.05) is 13.8 Å². The van der Waals surface area contributed by atoms with E-state index in [1.165, 1.54) is 0 Å². The highest BCUT2D eigenvalue weighted by Crippen LogP contribution is 2.11. The van der Waals surface area contributed by atoms with E-state index in [1.54, 1.807) is 6.20 Å². The van der Waals surface area contributed by atoms with Crippen molar-refractivity contribution in [3.05, 3.63) is 18.1 Å². The molecule has 0 fully saturated rings. The average molecular weight is 251 g/mol. The number of hydrogen-bond acceptors (Lipinski definition) is 5. The molecule has 0 amide bonds. The molecule has 1 aromatic heterocycles. The molecular weight excluding hydrogens is 226 g/mol. The second-order valence-corrected chi connectivity index (χ2v) is 5.21. The van der Waals surface area contributed by atoms with Crippen molar-refractivity contribution in [2.24, 2.45) is 11.7 Å². The molecule has 5 heteroatoms. The van der Waals surface area contributed by atoms with Crippen LogP contribution in [0.3, 0.4) is 0 Å². The van der Waals surface area contributed by atoms with Crippen LogP contribution in [-0.2, 0) is 6.54 Å². The number of rotatable bonds is 7. The summed E-state index contributed by atoms with van der Waals surface area (Å²) in [5.74, 6) is 1.53. The molecule has 0 aliphatic heterocycles. The number of likely N-dealkylation sites (N-methyl/N-ethyl adjacent to an activating group) is 1. The first kappa shape index (κ1) is 14.9. The molecule has 0 aromatic carbocycles. The Balaban J connectivity index is 2.73. The number of nitrogens with two attached hydrogens (primary N) is 1. The lowest BCUT2D eigenvalue weighted by Crippen LogP contribution is -2.35. The van der Waals surface area contributed by atoms with Crippen molar-refractivity contribution in [1.82, 2.24) is 14.9 Å². The summed E-state index contributed by atoms with van der Waals surface area (Å²) in [7, 11) is 4.16. The minimum absolute atomic E-state index is 0.440. The third-order valence-electron chi connectivity index (χ3n) is 2.63. The van der Waals surface area contributed by atoms with Crippen LogP contribution in [0.1, 0.15) is 19.5 Å². The molecule has 5 nitrogen and oxygen atoms in total. The van der Waals surface area contributed by atoms with E-state index >= 15 is 0 Å². The second kappa shape index (κ2) is 7.28. The number of aromatic nitrogens is 2. The summed E-state index contributed by atoms with van der Waals surface area (Å²) in [6.07, 6.45) is 3.58. The highest BCUT2D eigenvalue weighted by Gasteiger charge is 2.10. The quantitative estimate of drug-likeness (QED) is 0.782. The molecule has 18 heavy (non-hydrogen) atoms. The SMILES string of the molecule is CC(C)CN(CCN(C)C)c1cnc(CN)cn1. The Hall–Kier alpha value is -1.20. The van der Waals surface area contributed by atoms with Crippen molar-refractivity contribution in [3.63, 3.8) is 0 Å². The fraction of sp³-hybridized carbons (Fsp3) is 0.692. The molecular formula is C13H25N5. The van der Waals surface area contributed by atoms with Crippen LogP contribution >= 0.6 is 0 Å². The number of hydrogen-bond donors (Lipinski definition) is 1. The zero-order valence-electron chi connectivity index (χ0n) is 11.9. The van der Waals surface area contributed by atoms with Crippen LogP contribution < -0.4 is 10.6 Å². The molecule has 1 rings (SSSR count). The summed E-state index contributed by atoms with van der Waals surface area (Å²) in [5, 5.41) is 0. The first-order valence-corrected chi connectivity index (χ1v) is 6.43. The van der Waals surface area contributed by atoms with Crippen LogP contribution in [-0.4, -0.2) is 48.6 Å². The molecule has 0 atom stereocenters. The Morgan fingerprint density at radius 1 is 1.17 bits per heavy atom. The normalized spacial score (nSPS) is 11.3. The van der Waals surface area contributed by atoms with Gasteiger partial charge in [-0.3, -0.25) is 4.98 Å². The highest BCUT2D eigenvalue weighted by atomic mass is 15.2. The van der Waals surface area contributed by atoms with E-state index in [-0.39, 0.29) is 0 Å². The molecule has 0 bridgehead atoms. The Morgan fingerprint density at radius 3 is 2.33 bits per heavy atom. The lowest BCUT2D eigenvalue weighted by Gasteiger charge is -2.26. The molecule has 1 aromatic rings. The molecule has 0 radical (unpaired) electrons. The zero-order valence-corrected chi connectivity index (χ0v) is 11.9. The molecule has 0 unspecified atom stereocenters. The molecule has 102 valence electrons. The van der Waals surface area contributed by atoms with E-state index in [0.29, 0.717) is 12.5 Å². The minimum atomic E-state index is 0.440. The van der Waals surface area contributed by atoms with Gasteiger partial charge < -0.3 is 15.5 Å². The maximum Gasteiger partial charge on any atom is 0.147 e. The van der Waals surface area contributed by atoms with E-state index in [2.05, 4.69) is 47.7 Å². The summed E-state index contributed by atoms with van der Waals surface area (Å²) in [4.78, 5) is 13.2. The average Bonchev–Trinajstić information content (AvgIpc) is 2.34. The van der Waals surface area contributed by atoms with Gasteiger partial charge in [0, 0.05) is 26.2 Å². The topological polar surface area (TPSA) is 58.3 Å². The Labute approximate surface area is 110 Å². The van der Waals surface area contributed by atoms with Gasteiger partial charge in [0.25, 0.3) is 0 Å². The van der Waals surface area contributed by atoms with E-state index in [0.717, 1.165) is 31.1 Å². The fourth-order valence-corrected chi connectivity index (χ4v) is 1.68. The Morgan fingerprint density at radius 2 is 1.89 bits per heavy atom. The molecule has 2 N–H and O–H groups in total. The zero-order chi connectivity index (χ0) is 13.5. The van der Waals surface area contributed by atoms with Crippen LogP contribution in [0.25, 0.3) is 0 Å². The monoisotopic (exact) mass is 251 g/mol. The summed E-state index contributed by atoms with van der Waals surface area (Å²) in [6.45, 7) is 7.82. The van der Waals surface area contributed by atoms with Crippen molar-refractivity contribution >= 4 is 5.82 Å². The van der Waals surface area contributed by atoms with Gasteiger partial charge in [-0.15, -0.1) is 0 Å². The largest absolute Gasteiger partial charge is 0.354 e. The summed E-state index contributed by atoms with van der Waals surface area (Å²) in [6, 6.07) is 0. The van der Waals surface area contributed by atoms with Crippen LogP contribution in [0, 0.1) is 5.92 Å². The number of nitrogens with zero attached hydrogens (tertiary/aromatic N) is 4. The lowest BCUT2D eigenvalue weighted by atomic mass is 10.2. The van der Waals surface area contributed by atoms with Crippen LogP contribution in [0.4, 0.5) is 5.82 Å². The van der Waals surface area contributed by atoms with E-state index in [4.69, 9.17) is 5.73 Å². The van der Waals surface area contributed by atoms with Gasteiger partial charge in [0.2, 0.25) is 0 Å². The Kier molecular flexibility index (Phi) is 6.01. The van der Waals surface area contributed by atoms with Crippen molar-refractivity contribution < 1.29 is 0 Å². The van der Waals surface area contributed by atoms with Crippen LogP contribution in [0.15, 0.2) is 12.4 Å². The number of anilines is 1. The fourth-order valence-electron chi connectivity index (χ4n) is 1.68. The van der Waals surface area contributed by atoms with Crippen LogP contribution in [0.2, 0.25) is 0 Å². The molecule has 0 saturated heterocycles. The van der Waals surface area contributed by atoms with E-state index < -0.39 is 0 Å². The molecule has 0 aliphatic rings. The summed E-state index contributed by atoms with van der Waals surface area (Å²) < 4.78 is 0. The minimum Gasteiger partial charge on any atom is -0.354 e. The first-order valence-electron chi connectivity index (χ1n) is 6.43. The summed E-state index contributed by atoms with van der Waals surface area (Å²) >= 11 is 0. The molecule has 0 aliphatic carbocycles. The third-order valence-corrected chi connectivity index (χ3v) is 2.63. The molecule has 1 heterocycles. The van der Waals surface area contributed by atoms with Gasteiger partial charge in [-0.05, 0) is 20.0 Å². The van der Waals surface area contributed by atoms with E-state index in [1.807, 2.05) is 6.20 Å². The maximum atomic E-state index is 5.53. The predicted molar refractivity (Wildman–Crippen MR) is 75.5 cm³/mol. The van der Waals surface area contributed by atoms with Gasteiger partial charge in [0.15, 0.2) is 0 Å². The highest BCUT2D eigenvalue weighted by molar-refractivity contribution is 5.35. The summed E-state index contributed by atoms with van der Waals surface area (Å²) in [5.41, 5.74) is 6.36. The van der Waals surface area contributed by atoms with Gasteiger partial charge in [0.05, 0.1) is 18.1 Å². The maximum absolute atomic E-state index is 5.53. The van der Waals surface area contributed by atoms with E-state index in [9.17, 15) is 0 Å². The van der Waals surface area contributed by atoms with Crippen molar-refractivity contribution in [3.8, 4) is 0 Å². The van der Waals surface area contributed by atoms with Gasteiger partial charge in [-0.2, -0.15) is 0 Å². The van der Waals surface area contributed by atoms with Crippen molar-refractivity contribution in [1.29, 1.82) is 0 Å². The van der Waals surface area contributed by atoms with Crippen LogP contribution in [0.5, 0.6) is 0 Å². The predicted octanol–water partition coefficient (Wildman–Crippen LogP) is 0.959. The van der Waals surface area contributed by atoms with Gasteiger partial charge in [-0.25, -0.2) is 4.98 Å². The second-order valence-electron chi connectivity index (χ2n) is 5.21. The van der Waals surface area contributed by atoms with Crippen molar-refractivity contribution in [2.75, 3.05) is 38.6 Å².